The van der Waals surface area contributed by atoms with E-state index in [1.807, 2.05) is 0 Å². The predicted molar refractivity (Wildman–Crippen MR) is 125 cm³/mol. The maximum absolute atomic E-state index is 7.34. The van der Waals surface area contributed by atoms with Crippen LogP contribution in [0, 0.1) is 0 Å². The van der Waals surface area contributed by atoms with Crippen LogP contribution in [-0.4, -0.2) is 12.9 Å². The number of rotatable bonds is 7. The van der Waals surface area contributed by atoms with Gasteiger partial charge in [-0.2, -0.15) is 0 Å². The van der Waals surface area contributed by atoms with Crippen LogP contribution in [0.4, 0.5) is 5.82 Å². The zero-order chi connectivity index (χ0) is 20.3. The lowest BCUT2D eigenvalue weighted by Crippen LogP contribution is -2.51. The average molecular weight is 403 g/mol. The van der Waals surface area contributed by atoms with Gasteiger partial charge in [-0.3, -0.25) is 0 Å². The molecule has 150 valence electrons. The van der Waals surface area contributed by atoms with Crippen LogP contribution < -0.4 is 5.32 Å². The van der Waals surface area contributed by atoms with Gasteiger partial charge in [0.05, 0.1) is 0 Å². The van der Waals surface area contributed by atoms with Crippen molar-refractivity contribution in [2.75, 3.05) is 5.32 Å². The summed E-state index contributed by atoms with van der Waals surface area (Å²) < 4.78 is 9.49. The molecule has 1 aliphatic heterocycles. The van der Waals surface area contributed by atoms with Gasteiger partial charge in [0.2, 0.25) is 0 Å². The van der Waals surface area contributed by atoms with Crippen LogP contribution >= 0.6 is 0 Å². The van der Waals surface area contributed by atoms with Crippen LogP contribution in [0.2, 0.25) is 18.1 Å². The number of hydrogen-bond donors (Lipinski definition) is 1. The number of anilines is 1. The molecule has 1 N–H and O–H groups in total. The van der Waals surface area contributed by atoms with Crippen molar-refractivity contribution in [3.63, 3.8) is 0 Å². The molecule has 0 saturated carbocycles. The summed E-state index contributed by atoms with van der Waals surface area (Å²) in [6, 6.07) is 28.7. The van der Waals surface area contributed by atoms with E-state index in [0.717, 1.165) is 35.1 Å². The summed E-state index contributed by atoms with van der Waals surface area (Å²) in [5, 5.41) is 3.82. The third kappa shape index (κ3) is 3.47. The van der Waals surface area contributed by atoms with Gasteiger partial charge < -0.3 is 14.3 Å². The molecule has 29 heavy (non-hydrogen) atoms. The molecule has 0 saturated heterocycles. The molecule has 2 aromatic carbocycles. The normalized spacial score (nSPS) is 18.7. The topological polar surface area (TPSA) is 26.2 Å². The Labute approximate surface area is 175 Å². The lowest BCUT2D eigenvalue weighted by Gasteiger charge is -2.47. The van der Waals surface area contributed by atoms with Gasteiger partial charge in [-0.25, -0.2) is 0 Å². The molecule has 1 aliphatic rings. The molecule has 2 heterocycles. The molecule has 4 rings (SSSR count). The Bertz CT molecular complexity index is 968. The van der Waals surface area contributed by atoms with Crippen molar-refractivity contribution >= 4 is 25.9 Å². The van der Waals surface area contributed by atoms with Crippen molar-refractivity contribution in [2.24, 2.45) is 0 Å². The van der Waals surface area contributed by atoms with Crippen LogP contribution in [0.15, 0.2) is 79.0 Å². The van der Waals surface area contributed by atoms with Gasteiger partial charge in [0, 0.05) is 23.5 Å². The van der Waals surface area contributed by atoms with Crippen molar-refractivity contribution in [3.05, 3.63) is 90.1 Å². The molecule has 0 aliphatic carbocycles. The Morgan fingerprint density at radius 2 is 1.45 bits per heavy atom. The minimum absolute atomic E-state index is 0.703. The van der Waals surface area contributed by atoms with E-state index in [-0.39, 0.29) is 0 Å². The molecule has 1 aromatic heterocycles. The Morgan fingerprint density at radius 3 is 2.07 bits per heavy atom. The second-order valence-corrected chi connectivity index (χ2v) is 12.4. The zero-order valence-corrected chi connectivity index (χ0v) is 18.6. The van der Waals surface area contributed by atoms with Gasteiger partial charge in [0.25, 0.3) is 0 Å². The van der Waals surface area contributed by atoms with Crippen molar-refractivity contribution in [3.8, 4) is 0 Å². The van der Waals surface area contributed by atoms with Crippen LogP contribution in [0.5, 0.6) is 0 Å². The summed E-state index contributed by atoms with van der Waals surface area (Å²) in [5.74, 6) is 1.06. The second-order valence-electron chi connectivity index (χ2n) is 7.73. The van der Waals surface area contributed by atoms with Crippen molar-refractivity contribution < 1.29 is 4.43 Å². The monoisotopic (exact) mass is 402 g/mol. The number of fused-ring (bicyclic) bond motifs is 1. The maximum atomic E-state index is 7.34. The number of hydrogen-bond acceptors (Lipinski definition) is 2. The van der Waals surface area contributed by atoms with E-state index >= 15 is 0 Å². The van der Waals surface area contributed by atoms with Crippen LogP contribution in [0.25, 0.3) is 11.8 Å². The summed E-state index contributed by atoms with van der Waals surface area (Å²) in [7, 11) is -1.95. The molecule has 4 heteroatoms. The fourth-order valence-corrected chi connectivity index (χ4v) is 7.18. The molecular formula is C25H30N2OSi. The van der Waals surface area contributed by atoms with Crippen molar-refractivity contribution in [1.82, 2.24) is 4.57 Å². The predicted octanol–water partition coefficient (Wildman–Crippen LogP) is 6.79. The number of nitrogens with one attached hydrogen (secondary N) is 1. The quantitative estimate of drug-likeness (QED) is 0.440. The van der Waals surface area contributed by atoms with E-state index in [1.54, 1.807) is 0 Å². The molecule has 3 aromatic rings. The van der Waals surface area contributed by atoms with Gasteiger partial charge in [0.1, 0.15) is 5.82 Å². The van der Waals surface area contributed by atoms with E-state index < -0.39 is 14.0 Å². The van der Waals surface area contributed by atoms with Crippen LogP contribution in [0.1, 0.15) is 31.9 Å². The standard InChI is InChI=1S/C25H30N2OSi/c1-4-29(5-2,6-3)28-25(22-16-11-8-12-17-22)23(21-14-9-7-10-15-21)20-27-19-13-18-24(27)26-25/h7-20,26H,4-6H2,1-3H3. The Morgan fingerprint density at radius 1 is 0.828 bits per heavy atom. The van der Waals surface area contributed by atoms with E-state index in [1.165, 1.54) is 5.56 Å². The second kappa shape index (κ2) is 8.05. The highest BCUT2D eigenvalue weighted by molar-refractivity contribution is 6.73. The average Bonchev–Trinajstić information content (AvgIpc) is 3.25. The highest BCUT2D eigenvalue weighted by atomic mass is 28.4. The Kier molecular flexibility index (Phi) is 5.48. The minimum atomic E-state index is -1.95. The van der Waals surface area contributed by atoms with Gasteiger partial charge in [0.15, 0.2) is 14.0 Å². The summed E-state index contributed by atoms with van der Waals surface area (Å²) in [5.41, 5.74) is 2.77. The van der Waals surface area contributed by atoms with Crippen molar-refractivity contribution in [2.45, 2.75) is 44.6 Å². The third-order valence-electron chi connectivity index (χ3n) is 6.30. The number of benzene rings is 2. The fraction of sp³-hybridized carbons (Fsp3) is 0.280. The molecule has 0 fully saturated rings. The fourth-order valence-electron chi connectivity index (χ4n) is 4.32. The number of aromatic nitrogens is 1. The van der Waals surface area contributed by atoms with E-state index in [9.17, 15) is 0 Å². The molecule has 0 spiro atoms. The minimum Gasteiger partial charge on any atom is -0.388 e. The first-order valence-electron chi connectivity index (χ1n) is 10.6. The van der Waals surface area contributed by atoms with Gasteiger partial charge in [-0.15, -0.1) is 0 Å². The summed E-state index contributed by atoms with van der Waals surface area (Å²) >= 11 is 0. The van der Waals surface area contributed by atoms with Crippen LogP contribution in [0.3, 0.4) is 0 Å². The SMILES string of the molecule is CC[Si](CC)(CC)OC1(c2ccccc2)Nc2cccn2C=C1c1ccccc1. The molecule has 3 nitrogen and oxygen atoms in total. The first-order chi connectivity index (χ1) is 14.2. The zero-order valence-electron chi connectivity index (χ0n) is 17.6. The Balaban J connectivity index is 1.97. The van der Waals surface area contributed by atoms with Crippen LogP contribution in [-0.2, 0) is 10.2 Å². The highest BCUT2D eigenvalue weighted by Crippen LogP contribution is 2.47. The summed E-state index contributed by atoms with van der Waals surface area (Å²) in [6.07, 6.45) is 4.32. The smallest absolute Gasteiger partial charge is 0.196 e. The lowest BCUT2D eigenvalue weighted by molar-refractivity contribution is 0.144. The highest BCUT2D eigenvalue weighted by Gasteiger charge is 2.47. The van der Waals surface area contributed by atoms with E-state index in [2.05, 4.69) is 116 Å². The Hall–Kier alpha value is -2.56. The third-order valence-corrected chi connectivity index (χ3v) is 10.9. The van der Waals surface area contributed by atoms with Gasteiger partial charge in [-0.1, -0.05) is 81.4 Å². The largest absolute Gasteiger partial charge is 0.388 e. The van der Waals surface area contributed by atoms with E-state index in [0.29, 0.717) is 0 Å². The first-order valence-corrected chi connectivity index (χ1v) is 13.2. The van der Waals surface area contributed by atoms with E-state index in [4.69, 9.17) is 4.43 Å². The number of nitrogens with zero attached hydrogens (tertiary/aromatic N) is 1. The van der Waals surface area contributed by atoms with Crippen molar-refractivity contribution in [1.29, 1.82) is 0 Å². The maximum Gasteiger partial charge on any atom is 0.196 e. The molecular weight excluding hydrogens is 372 g/mol. The van der Waals surface area contributed by atoms with Gasteiger partial charge in [-0.05, 0) is 35.8 Å². The molecule has 1 unspecified atom stereocenters. The lowest BCUT2D eigenvalue weighted by atomic mass is 9.88. The first kappa shape index (κ1) is 19.7. The molecule has 0 amide bonds. The summed E-state index contributed by atoms with van der Waals surface area (Å²) in [4.78, 5) is 0. The molecule has 0 bridgehead atoms. The van der Waals surface area contributed by atoms with Gasteiger partial charge >= 0.3 is 0 Å². The molecule has 0 radical (unpaired) electrons. The summed E-state index contributed by atoms with van der Waals surface area (Å²) in [6.45, 7) is 6.86. The molecule has 1 atom stereocenters.